The Morgan fingerprint density at radius 2 is 1.75 bits per heavy atom. The van der Waals surface area contributed by atoms with Gasteiger partial charge in [0.15, 0.2) is 0 Å². The predicted octanol–water partition coefficient (Wildman–Crippen LogP) is 3.59. The summed E-state index contributed by atoms with van der Waals surface area (Å²) >= 11 is 3.48. The molecule has 0 saturated heterocycles. The van der Waals surface area contributed by atoms with E-state index in [9.17, 15) is 5.11 Å². The second-order valence-electron chi connectivity index (χ2n) is 4.63. The lowest BCUT2D eigenvalue weighted by Gasteiger charge is -2.08. The van der Waals surface area contributed by atoms with E-state index in [1.165, 1.54) is 11.1 Å². The summed E-state index contributed by atoms with van der Waals surface area (Å²) in [7, 11) is 1.70. The van der Waals surface area contributed by atoms with Crippen molar-refractivity contribution >= 4 is 15.9 Å². The molecule has 2 aromatic rings. The summed E-state index contributed by atoms with van der Waals surface area (Å²) in [4.78, 5) is 0. The second kappa shape index (κ2) is 7.43. The summed E-state index contributed by atoms with van der Waals surface area (Å²) in [6.45, 7) is 2.13. The van der Waals surface area contributed by atoms with Crippen LogP contribution in [0.2, 0.25) is 0 Å². The molecule has 0 spiro atoms. The lowest BCUT2D eigenvalue weighted by Crippen LogP contribution is -2.13. The lowest BCUT2D eigenvalue weighted by atomic mass is 10.1. The maximum absolute atomic E-state index is 9.47. The van der Waals surface area contributed by atoms with Gasteiger partial charge in [-0.2, -0.15) is 0 Å². The monoisotopic (exact) mass is 335 g/mol. The number of aromatic hydroxyl groups is 1. The first-order valence-corrected chi connectivity index (χ1v) is 7.23. The number of halogens is 1. The van der Waals surface area contributed by atoms with Gasteiger partial charge in [-0.15, -0.1) is 0 Å². The SMILES string of the molecule is COCc1ccc(CNCc2cc(O)ccc2Br)cc1. The molecule has 0 aliphatic carbocycles. The number of methoxy groups -OCH3 is 1. The van der Waals surface area contributed by atoms with Gasteiger partial charge in [0.2, 0.25) is 0 Å². The van der Waals surface area contributed by atoms with Crippen LogP contribution >= 0.6 is 15.9 Å². The van der Waals surface area contributed by atoms with E-state index in [0.29, 0.717) is 13.2 Å². The van der Waals surface area contributed by atoms with E-state index < -0.39 is 0 Å². The van der Waals surface area contributed by atoms with Crippen LogP contribution in [-0.4, -0.2) is 12.2 Å². The average Bonchev–Trinajstić information content (AvgIpc) is 2.45. The molecule has 0 radical (unpaired) electrons. The molecule has 106 valence electrons. The molecule has 0 unspecified atom stereocenters. The number of benzene rings is 2. The van der Waals surface area contributed by atoms with Crippen molar-refractivity contribution in [3.63, 3.8) is 0 Å². The van der Waals surface area contributed by atoms with Crippen molar-refractivity contribution in [1.29, 1.82) is 0 Å². The van der Waals surface area contributed by atoms with E-state index in [2.05, 4.69) is 45.5 Å². The minimum absolute atomic E-state index is 0.286. The van der Waals surface area contributed by atoms with Gasteiger partial charge >= 0.3 is 0 Å². The fourth-order valence-corrected chi connectivity index (χ4v) is 2.34. The molecule has 0 saturated carbocycles. The third-order valence-corrected chi connectivity index (χ3v) is 3.78. The van der Waals surface area contributed by atoms with Crippen LogP contribution in [0.3, 0.4) is 0 Å². The highest BCUT2D eigenvalue weighted by Crippen LogP contribution is 2.21. The number of hydrogen-bond donors (Lipinski definition) is 2. The molecule has 4 heteroatoms. The maximum Gasteiger partial charge on any atom is 0.115 e. The maximum atomic E-state index is 9.47. The largest absolute Gasteiger partial charge is 0.508 e. The van der Waals surface area contributed by atoms with E-state index in [1.807, 2.05) is 6.07 Å². The van der Waals surface area contributed by atoms with Crippen LogP contribution in [0.1, 0.15) is 16.7 Å². The molecule has 2 aromatic carbocycles. The van der Waals surface area contributed by atoms with Gasteiger partial charge in [0, 0.05) is 24.7 Å². The Morgan fingerprint density at radius 1 is 1.05 bits per heavy atom. The van der Waals surface area contributed by atoms with Gasteiger partial charge in [-0.05, 0) is 34.9 Å². The van der Waals surface area contributed by atoms with Crippen molar-refractivity contribution in [2.24, 2.45) is 0 Å². The molecule has 0 aliphatic heterocycles. The van der Waals surface area contributed by atoms with Crippen LogP contribution in [0, 0.1) is 0 Å². The molecule has 0 atom stereocenters. The van der Waals surface area contributed by atoms with Crippen LogP contribution < -0.4 is 5.32 Å². The smallest absolute Gasteiger partial charge is 0.115 e. The molecule has 2 N–H and O–H groups in total. The molecular formula is C16H18BrNO2. The van der Waals surface area contributed by atoms with Gasteiger partial charge in [-0.1, -0.05) is 40.2 Å². The second-order valence-corrected chi connectivity index (χ2v) is 5.48. The fourth-order valence-electron chi connectivity index (χ4n) is 1.96. The Balaban J connectivity index is 1.87. The van der Waals surface area contributed by atoms with E-state index in [0.717, 1.165) is 16.6 Å². The molecule has 0 fully saturated rings. The third-order valence-electron chi connectivity index (χ3n) is 3.01. The Bertz CT molecular complexity index is 555. The van der Waals surface area contributed by atoms with Crippen molar-refractivity contribution < 1.29 is 9.84 Å². The normalized spacial score (nSPS) is 10.7. The number of phenolic OH excluding ortho intramolecular Hbond substituents is 1. The zero-order valence-corrected chi connectivity index (χ0v) is 13.0. The third kappa shape index (κ3) is 4.34. The zero-order chi connectivity index (χ0) is 14.4. The predicted molar refractivity (Wildman–Crippen MR) is 83.5 cm³/mol. The number of hydrogen-bond acceptors (Lipinski definition) is 3. The van der Waals surface area contributed by atoms with Crippen molar-refractivity contribution in [3.05, 3.63) is 63.6 Å². The van der Waals surface area contributed by atoms with E-state index in [4.69, 9.17) is 4.74 Å². The molecule has 3 nitrogen and oxygen atoms in total. The van der Waals surface area contributed by atoms with Gasteiger partial charge in [-0.3, -0.25) is 0 Å². The summed E-state index contributed by atoms with van der Waals surface area (Å²) in [6.07, 6.45) is 0. The van der Waals surface area contributed by atoms with Crippen LogP contribution in [0.25, 0.3) is 0 Å². The molecule has 20 heavy (non-hydrogen) atoms. The molecule has 0 aromatic heterocycles. The van der Waals surface area contributed by atoms with Gasteiger partial charge < -0.3 is 15.2 Å². The van der Waals surface area contributed by atoms with E-state index in [1.54, 1.807) is 19.2 Å². The van der Waals surface area contributed by atoms with Crippen molar-refractivity contribution in [1.82, 2.24) is 5.32 Å². The molecule has 0 bridgehead atoms. The van der Waals surface area contributed by atoms with Crippen LogP contribution in [0.5, 0.6) is 5.75 Å². The van der Waals surface area contributed by atoms with Crippen LogP contribution in [0.15, 0.2) is 46.9 Å². The highest BCUT2D eigenvalue weighted by molar-refractivity contribution is 9.10. The summed E-state index contributed by atoms with van der Waals surface area (Å²) in [5.41, 5.74) is 3.44. The van der Waals surface area contributed by atoms with E-state index >= 15 is 0 Å². The van der Waals surface area contributed by atoms with Gasteiger partial charge in [0.25, 0.3) is 0 Å². The topological polar surface area (TPSA) is 41.5 Å². The van der Waals surface area contributed by atoms with Crippen molar-refractivity contribution in [2.45, 2.75) is 19.7 Å². The number of nitrogens with one attached hydrogen (secondary N) is 1. The minimum Gasteiger partial charge on any atom is -0.508 e. The number of ether oxygens (including phenoxy) is 1. The standard InChI is InChI=1S/C16H18BrNO2/c1-20-11-13-4-2-12(3-5-13)9-18-10-14-8-15(19)6-7-16(14)17/h2-8,18-19H,9-11H2,1H3. The van der Waals surface area contributed by atoms with Gasteiger partial charge in [0.05, 0.1) is 6.61 Å². The first-order chi connectivity index (χ1) is 9.69. The molecule has 2 rings (SSSR count). The number of rotatable bonds is 6. The summed E-state index contributed by atoms with van der Waals surface area (Å²) in [5, 5.41) is 12.8. The van der Waals surface area contributed by atoms with Crippen molar-refractivity contribution in [3.8, 4) is 5.75 Å². The first kappa shape index (κ1) is 15.0. The molecule has 0 amide bonds. The summed E-state index contributed by atoms with van der Waals surface area (Å²) in [5.74, 6) is 0.286. The summed E-state index contributed by atoms with van der Waals surface area (Å²) < 4.78 is 6.08. The zero-order valence-electron chi connectivity index (χ0n) is 11.4. The molecule has 0 aliphatic rings. The van der Waals surface area contributed by atoms with Gasteiger partial charge in [-0.25, -0.2) is 0 Å². The highest BCUT2D eigenvalue weighted by Gasteiger charge is 2.01. The van der Waals surface area contributed by atoms with Crippen LogP contribution in [-0.2, 0) is 24.4 Å². The molecule has 0 heterocycles. The van der Waals surface area contributed by atoms with Gasteiger partial charge in [0.1, 0.15) is 5.75 Å². The Hall–Kier alpha value is -1.36. The quantitative estimate of drug-likeness (QED) is 0.847. The highest BCUT2D eigenvalue weighted by atomic mass is 79.9. The fraction of sp³-hybridized carbons (Fsp3) is 0.250. The average molecular weight is 336 g/mol. The lowest BCUT2D eigenvalue weighted by molar-refractivity contribution is 0.185. The minimum atomic E-state index is 0.286. The van der Waals surface area contributed by atoms with Crippen molar-refractivity contribution in [2.75, 3.05) is 7.11 Å². The Morgan fingerprint density at radius 3 is 2.45 bits per heavy atom. The summed E-state index contributed by atoms with van der Waals surface area (Å²) in [6, 6.07) is 13.6. The van der Waals surface area contributed by atoms with E-state index in [-0.39, 0.29) is 5.75 Å². The van der Waals surface area contributed by atoms with Crippen LogP contribution in [0.4, 0.5) is 0 Å². The Kier molecular flexibility index (Phi) is 5.59. The molecular weight excluding hydrogens is 318 g/mol. The Labute approximate surface area is 127 Å². The first-order valence-electron chi connectivity index (χ1n) is 6.44. The number of phenols is 1.